The second-order valence-corrected chi connectivity index (χ2v) is 15.3. The first-order valence-electron chi connectivity index (χ1n) is 16.1. The van der Waals surface area contributed by atoms with E-state index in [1.807, 2.05) is 6.07 Å². The molecule has 0 amide bonds. The lowest BCUT2D eigenvalue weighted by Crippen LogP contribution is -2.71. The minimum Gasteiger partial charge on any atom is -0.456 e. The third kappa shape index (κ3) is 3.91. The Balaban J connectivity index is 1.12. The molecule has 226 valence electrons. The molecule has 0 bridgehead atoms. The largest absolute Gasteiger partial charge is 0.456 e. The first kappa shape index (κ1) is 28.3. The summed E-state index contributed by atoms with van der Waals surface area (Å²) in [5.41, 5.74) is -1.61. The molecular weight excluding hydrogens is 520 g/mol. The van der Waals surface area contributed by atoms with Gasteiger partial charge in [0.15, 0.2) is 5.79 Å². The smallest absolute Gasteiger partial charge is 0.338 e. The number of fused-ring (bicyclic) bond motifs is 7. The van der Waals surface area contributed by atoms with Crippen LogP contribution in [0.4, 0.5) is 0 Å². The zero-order valence-corrected chi connectivity index (χ0v) is 25.0. The molecule has 7 rings (SSSR count). The quantitative estimate of drug-likeness (QED) is 0.444. The molecule has 2 aliphatic heterocycles. The Bertz CT molecular complexity index is 1160. The van der Waals surface area contributed by atoms with E-state index < -0.39 is 41.1 Å². The summed E-state index contributed by atoms with van der Waals surface area (Å²) in [6, 6.07) is 8.73. The van der Waals surface area contributed by atoms with Gasteiger partial charge in [-0.25, -0.2) is 4.79 Å². The maximum atomic E-state index is 12.8. The second-order valence-electron chi connectivity index (χ2n) is 15.3. The maximum absolute atomic E-state index is 12.8. The highest BCUT2D eigenvalue weighted by Gasteiger charge is 2.72. The number of aliphatic hydroxyl groups is 3. The van der Waals surface area contributed by atoms with Gasteiger partial charge in [-0.15, -0.1) is 0 Å². The Kier molecular flexibility index (Phi) is 6.55. The number of aliphatic hydroxyl groups excluding tert-OH is 2. The van der Waals surface area contributed by atoms with Gasteiger partial charge in [0.2, 0.25) is 0 Å². The molecule has 0 aromatic heterocycles. The molecule has 1 aromatic carbocycles. The van der Waals surface area contributed by atoms with Gasteiger partial charge in [0.05, 0.1) is 36.1 Å². The molecule has 14 unspecified atom stereocenters. The van der Waals surface area contributed by atoms with Gasteiger partial charge < -0.3 is 29.5 Å². The Morgan fingerprint density at radius 2 is 1.76 bits per heavy atom. The Morgan fingerprint density at radius 3 is 2.46 bits per heavy atom. The first-order valence-corrected chi connectivity index (χ1v) is 16.1. The van der Waals surface area contributed by atoms with Crippen molar-refractivity contribution in [1.29, 1.82) is 0 Å². The number of hydrogen-bond donors (Lipinski definition) is 3. The van der Waals surface area contributed by atoms with Crippen molar-refractivity contribution in [2.24, 2.45) is 46.3 Å². The standard InChI is InChI=1S/C34H48O7/c1-19-10-13-34(39-18-19)20(2)29-26(41-34)15-24-22-14-28(36)33(38)17-27(40-30(37)21-8-6-5-7-9-21)25(35)16-32(33,4)23(22)11-12-31(24,29)3/h5-9,19-20,22-29,35-36,38H,10-18H2,1-4H3. The molecule has 2 saturated heterocycles. The van der Waals surface area contributed by atoms with E-state index >= 15 is 0 Å². The minimum atomic E-state index is -1.43. The van der Waals surface area contributed by atoms with E-state index in [1.54, 1.807) is 24.3 Å². The Morgan fingerprint density at radius 1 is 1.00 bits per heavy atom. The SMILES string of the molecule is CC1CCC2(OC1)OC1CC3C4CC(O)C5(O)CC(OC(=O)c6ccccc6)C(O)CC5(C)C4CCC3(C)C1C2C. The van der Waals surface area contributed by atoms with Crippen LogP contribution in [-0.2, 0) is 14.2 Å². The summed E-state index contributed by atoms with van der Waals surface area (Å²) in [6.45, 7) is 9.87. The molecule has 2 heterocycles. The van der Waals surface area contributed by atoms with Gasteiger partial charge in [0.25, 0.3) is 0 Å². The molecule has 3 N–H and O–H groups in total. The molecule has 7 nitrogen and oxygen atoms in total. The van der Waals surface area contributed by atoms with Gasteiger partial charge in [0, 0.05) is 24.2 Å². The number of rotatable bonds is 2. The highest BCUT2D eigenvalue weighted by atomic mass is 16.7. The van der Waals surface area contributed by atoms with Crippen molar-refractivity contribution >= 4 is 5.97 Å². The zero-order chi connectivity index (χ0) is 28.9. The number of hydrogen-bond acceptors (Lipinski definition) is 7. The fourth-order valence-corrected chi connectivity index (χ4v) is 11.2. The fourth-order valence-electron chi connectivity index (χ4n) is 11.2. The van der Waals surface area contributed by atoms with E-state index in [-0.39, 0.29) is 29.8 Å². The van der Waals surface area contributed by atoms with Crippen LogP contribution in [0.1, 0.15) is 89.4 Å². The molecule has 0 radical (unpaired) electrons. The van der Waals surface area contributed by atoms with Crippen LogP contribution in [0, 0.1) is 46.3 Å². The number of carbonyl (C=O) groups is 1. The van der Waals surface area contributed by atoms with Gasteiger partial charge >= 0.3 is 5.97 Å². The Hall–Kier alpha value is -1.51. The zero-order valence-electron chi connectivity index (χ0n) is 25.0. The fraction of sp³-hybridized carbons (Fsp3) is 0.794. The topological polar surface area (TPSA) is 105 Å². The predicted octanol–water partition coefficient (Wildman–Crippen LogP) is 4.72. The summed E-state index contributed by atoms with van der Waals surface area (Å²) in [6.07, 6.45) is 3.38. The van der Waals surface area contributed by atoms with Crippen LogP contribution in [0.25, 0.3) is 0 Å². The van der Waals surface area contributed by atoms with Crippen molar-refractivity contribution in [1.82, 2.24) is 0 Å². The number of ether oxygens (including phenoxy) is 3. The van der Waals surface area contributed by atoms with Crippen LogP contribution in [0.15, 0.2) is 30.3 Å². The van der Waals surface area contributed by atoms with Crippen molar-refractivity contribution in [2.45, 2.75) is 115 Å². The molecule has 1 spiro atoms. The summed E-state index contributed by atoms with van der Waals surface area (Å²) in [5.74, 6) is 1.16. The maximum Gasteiger partial charge on any atom is 0.338 e. The Labute approximate surface area is 243 Å². The molecule has 1 aromatic rings. The highest BCUT2D eigenvalue weighted by Crippen LogP contribution is 2.72. The lowest BCUT2D eigenvalue weighted by molar-refractivity contribution is -0.286. The summed E-state index contributed by atoms with van der Waals surface area (Å²) in [7, 11) is 0. The van der Waals surface area contributed by atoms with Gasteiger partial charge in [-0.2, -0.15) is 0 Å². The van der Waals surface area contributed by atoms with Crippen LogP contribution < -0.4 is 0 Å². The monoisotopic (exact) mass is 568 g/mol. The van der Waals surface area contributed by atoms with Crippen LogP contribution in [-0.4, -0.2) is 63.7 Å². The van der Waals surface area contributed by atoms with Crippen molar-refractivity contribution in [3.8, 4) is 0 Å². The lowest BCUT2D eigenvalue weighted by atomic mass is 9.42. The van der Waals surface area contributed by atoms with E-state index in [4.69, 9.17) is 14.2 Å². The van der Waals surface area contributed by atoms with E-state index in [2.05, 4.69) is 27.7 Å². The first-order chi connectivity index (χ1) is 19.4. The van der Waals surface area contributed by atoms with Crippen LogP contribution in [0.5, 0.6) is 0 Å². The molecule has 6 fully saturated rings. The van der Waals surface area contributed by atoms with E-state index in [0.29, 0.717) is 42.1 Å². The number of carbonyl (C=O) groups excluding carboxylic acids is 1. The van der Waals surface area contributed by atoms with Crippen molar-refractivity contribution in [2.75, 3.05) is 6.61 Å². The third-order valence-corrected chi connectivity index (χ3v) is 13.4. The number of esters is 1. The van der Waals surface area contributed by atoms with Gasteiger partial charge in [-0.3, -0.25) is 0 Å². The van der Waals surface area contributed by atoms with Crippen molar-refractivity contribution in [3.05, 3.63) is 35.9 Å². The van der Waals surface area contributed by atoms with Crippen molar-refractivity contribution < 1.29 is 34.3 Å². The van der Waals surface area contributed by atoms with Gasteiger partial charge in [-0.1, -0.05) is 45.9 Å². The van der Waals surface area contributed by atoms with Crippen LogP contribution >= 0.6 is 0 Å². The summed E-state index contributed by atoms with van der Waals surface area (Å²) in [5, 5.41) is 35.2. The molecule has 7 heteroatoms. The highest BCUT2D eigenvalue weighted by molar-refractivity contribution is 5.89. The summed E-state index contributed by atoms with van der Waals surface area (Å²) >= 11 is 0. The van der Waals surface area contributed by atoms with Crippen LogP contribution in [0.3, 0.4) is 0 Å². The lowest BCUT2D eigenvalue weighted by Gasteiger charge is -2.66. The van der Waals surface area contributed by atoms with E-state index in [0.717, 1.165) is 38.7 Å². The molecule has 14 atom stereocenters. The molecule has 41 heavy (non-hydrogen) atoms. The average molecular weight is 569 g/mol. The van der Waals surface area contributed by atoms with Crippen molar-refractivity contribution in [3.63, 3.8) is 0 Å². The third-order valence-electron chi connectivity index (χ3n) is 13.4. The summed E-state index contributed by atoms with van der Waals surface area (Å²) < 4.78 is 19.1. The second kappa shape index (κ2) is 9.49. The normalized spacial score (nSPS) is 54.1. The number of benzene rings is 1. The van der Waals surface area contributed by atoms with E-state index in [1.165, 1.54) is 0 Å². The predicted molar refractivity (Wildman–Crippen MR) is 152 cm³/mol. The van der Waals surface area contributed by atoms with Gasteiger partial charge in [0.1, 0.15) is 6.10 Å². The molecule has 4 saturated carbocycles. The van der Waals surface area contributed by atoms with Gasteiger partial charge in [-0.05, 0) is 85.7 Å². The molecule has 4 aliphatic carbocycles. The molecular formula is C34H48O7. The summed E-state index contributed by atoms with van der Waals surface area (Å²) in [4.78, 5) is 12.8. The minimum absolute atomic E-state index is 0.0409. The average Bonchev–Trinajstić information content (AvgIpc) is 3.39. The van der Waals surface area contributed by atoms with E-state index in [9.17, 15) is 20.1 Å². The molecule has 6 aliphatic rings. The van der Waals surface area contributed by atoms with Crippen LogP contribution in [0.2, 0.25) is 0 Å².